The summed E-state index contributed by atoms with van der Waals surface area (Å²) in [4.78, 5) is 21.3. The Hall–Kier alpha value is -1.06. The predicted molar refractivity (Wildman–Crippen MR) is 42.6 cm³/mol. The van der Waals surface area contributed by atoms with Crippen LogP contribution in [0.3, 0.4) is 0 Å². The highest BCUT2D eigenvalue weighted by atomic mass is 16.4. The molecule has 0 unspecified atom stereocenters. The van der Waals surface area contributed by atoms with Crippen LogP contribution in [0.4, 0.5) is 0 Å². The van der Waals surface area contributed by atoms with E-state index < -0.39 is 5.97 Å². The van der Waals surface area contributed by atoms with Gasteiger partial charge in [0.2, 0.25) is 5.91 Å². The third kappa shape index (κ3) is 1.96. The first-order valence-corrected chi connectivity index (χ1v) is 4.11. The van der Waals surface area contributed by atoms with Crippen molar-refractivity contribution in [1.82, 2.24) is 5.32 Å². The molecule has 0 spiro atoms. The van der Waals surface area contributed by atoms with Crippen LogP contribution in [-0.2, 0) is 9.59 Å². The number of amides is 1. The van der Waals surface area contributed by atoms with Gasteiger partial charge in [-0.2, -0.15) is 0 Å². The maximum atomic E-state index is 10.7. The summed E-state index contributed by atoms with van der Waals surface area (Å²) in [5.74, 6) is -1.33. The van der Waals surface area contributed by atoms with E-state index in [9.17, 15) is 9.59 Å². The molecular formula is C8H13NO3. The largest absolute Gasteiger partial charge is 0.481 e. The summed E-state index contributed by atoms with van der Waals surface area (Å²) in [7, 11) is 0. The van der Waals surface area contributed by atoms with E-state index in [1.807, 2.05) is 0 Å². The molecule has 1 saturated carbocycles. The number of hydrogen-bond donors (Lipinski definition) is 2. The molecule has 68 valence electrons. The van der Waals surface area contributed by atoms with E-state index in [0.29, 0.717) is 6.42 Å². The van der Waals surface area contributed by atoms with Gasteiger partial charge in [0.25, 0.3) is 0 Å². The minimum absolute atomic E-state index is 0.145. The molecule has 0 aromatic heterocycles. The van der Waals surface area contributed by atoms with Crippen LogP contribution in [0.25, 0.3) is 0 Å². The molecule has 12 heavy (non-hydrogen) atoms. The zero-order valence-electron chi connectivity index (χ0n) is 7.04. The highest BCUT2D eigenvalue weighted by Gasteiger charge is 2.33. The van der Waals surface area contributed by atoms with Crippen LogP contribution in [0.15, 0.2) is 0 Å². The molecule has 1 amide bonds. The number of rotatable bonds is 2. The van der Waals surface area contributed by atoms with Gasteiger partial charge in [-0.1, -0.05) is 6.42 Å². The Morgan fingerprint density at radius 3 is 2.58 bits per heavy atom. The van der Waals surface area contributed by atoms with Crippen LogP contribution >= 0.6 is 0 Å². The van der Waals surface area contributed by atoms with Crippen molar-refractivity contribution >= 4 is 11.9 Å². The Morgan fingerprint density at radius 2 is 2.08 bits per heavy atom. The zero-order valence-corrected chi connectivity index (χ0v) is 7.04. The van der Waals surface area contributed by atoms with Crippen molar-refractivity contribution < 1.29 is 14.7 Å². The lowest BCUT2D eigenvalue weighted by Crippen LogP contribution is -2.38. The number of hydrogen-bond acceptors (Lipinski definition) is 2. The molecule has 0 heterocycles. The van der Waals surface area contributed by atoms with E-state index in [1.54, 1.807) is 0 Å². The van der Waals surface area contributed by atoms with Gasteiger partial charge in [0, 0.05) is 13.0 Å². The van der Waals surface area contributed by atoms with Crippen LogP contribution in [0.2, 0.25) is 0 Å². The van der Waals surface area contributed by atoms with Crippen molar-refractivity contribution in [3.05, 3.63) is 0 Å². The first kappa shape index (κ1) is 9.03. The molecule has 0 radical (unpaired) electrons. The number of nitrogens with one attached hydrogen (secondary N) is 1. The number of aliphatic carboxylic acids is 1. The van der Waals surface area contributed by atoms with Crippen molar-refractivity contribution in [2.24, 2.45) is 5.92 Å². The van der Waals surface area contributed by atoms with E-state index in [1.165, 1.54) is 6.92 Å². The molecule has 0 aliphatic heterocycles. The normalized spacial score (nSPS) is 28.4. The van der Waals surface area contributed by atoms with Crippen molar-refractivity contribution in [1.29, 1.82) is 0 Å². The van der Waals surface area contributed by atoms with Crippen LogP contribution in [-0.4, -0.2) is 23.0 Å². The average molecular weight is 171 g/mol. The molecule has 0 bridgehead atoms. The van der Waals surface area contributed by atoms with Crippen LogP contribution in [0.5, 0.6) is 0 Å². The second kappa shape index (κ2) is 3.56. The second-order valence-corrected chi connectivity index (χ2v) is 3.18. The zero-order chi connectivity index (χ0) is 9.14. The van der Waals surface area contributed by atoms with E-state index >= 15 is 0 Å². The highest BCUT2D eigenvalue weighted by Crippen LogP contribution is 2.25. The van der Waals surface area contributed by atoms with E-state index in [-0.39, 0.29) is 17.9 Å². The quantitative estimate of drug-likeness (QED) is 0.631. The molecule has 1 aliphatic carbocycles. The molecule has 0 saturated heterocycles. The molecule has 1 fully saturated rings. The van der Waals surface area contributed by atoms with E-state index in [0.717, 1.165) is 12.8 Å². The number of carbonyl (C=O) groups is 2. The van der Waals surface area contributed by atoms with Gasteiger partial charge in [0.1, 0.15) is 0 Å². The summed E-state index contributed by atoms with van der Waals surface area (Å²) >= 11 is 0. The maximum Gasteiger partial charge on any atom is 0.308 e. The SMILES string of the molecule is CC(=O)N[C@H]1CCC[C@H]1C(=O)O. The summed E-state index contributed by atoms with van der Waals surface area (Å²) in [6.07, 6.45) is 2.36. The van der Waals surface area contributed by atoms with Gasteiger partial charge in [-0.25, -0.2) is 0 Å². The standard InChI is InChI=1S/C8H13NO3/c1-5(10)9-7-4-2-3-6(7)8(11)12/h6-7H,2-4H2,1H3,(H,9,10)(H,11,12)/t6-,7+/m1/s1. The Bertz CT molecular complexity index is 202. The fourth-order valence-corrected chi connectivity index (χ4v) is 1.69. The third-order valence-corrected chi connectivity index (χ3v) is 2.22. The molecule has 2 atom stereocenters. The molecule has 4 nitrogen and oxygen atoms in total. The topological polar surface area (TPSA) is 66.4 Å². The summed E-state index contributed by atoms with van der Waals surface area (Å²) in [6.45, 7) is 1.41. The highest BCUT2D eigenvalue weighted by molar-refractivity contribution is 5.76. The van der Waals surface area contributed by atoms with Gasteiger partial charge in [-0.15, -0.1) is 0 Å². The van der Waals surface area contributed by atoms with Crippen molar-refractivity contribution in [3.8, 4) is 0 Å². The van der Waals surface area contributed by atoms with Gasteiger partial charge in [-0.05, 0) is 12.8 Å². The van der Waals surface area contributed by atoms with Crippen LogP contribution < -0.4 is 5.32 Å². The first-order valence-electron chi connectivity index (χ1n) is 4.11. The summed E-state index contributed by atoms with van der Waals surface area (Å²) in [5.41, 5.74) is 0. The fourth-order valence-electron chi connectivity index (χ4n) is 1.69. The maximum absolute atomic E-state index is 10.7. The summed E-state index contributed by atoms with van der Waals surface area (Å²) in [5, 5.41) is 11.4. The predicted octanol–water partition coefficient (Wildman–Crippen LogP) is 0.376. The van der Waals surface area contributed by atoms with Crippen molar-refractivity contribution in [2.75, 3.05) is 0 Å². The summed E-state index contributed by atoms with van der Waals surface area (Å²) in [6, 6.07) is -0.153. The molecule has 4 heteroatoms. The van der Waals surface area contributed by atoms with E-state index in [2.05, 4.69) is 5.32 Å². The average Bonchev–Trinajstić information content (AvgIpc) is 2.33. The number of carbonyl (C=O) groups excluding carboxylic acids is 1. The molecule has 1 aliphatic rings. The van der Waals surface area contributed by atoms with E-state index in [4.69, 9.17) is 5.11 Å². The molecule has 0 aromatic carbocycles. The molecular weight excluding hydrogens is 158 g/mol. The first-order chi connectivity index (χ1) is 5.61. The Morgan fingerprint density at radius 1 is 1.42 bits per heavy atom. The van der Waals surface area contributed by atoms with Crippen LogP contribution in [0.1, 0.15) is 26.2 Å². The van der Waals surface area contributed by atoms with Gasteiger partial charge < -0.3 is 10.4 Å². The Kier molecular flexibility index (Phi) is 2.68. The number of carboxylic acid groups (broad SMARTS) is 1. The number of carboxylic acids is 1. The Balaban J connectivity index is 2.52. The van der Waals surface area contributed by atoms with Crippen molar-refractivity contribution in [2.45, 2.75) is 32.2 Å². The monoisotopic (exact) mass is 171 g/mol. The van der Waals surface area contributed by atoms with Gasteiger partial charge in [0.05, 0.1) is 5.92 Å². The molecule has 1 rings (SSSR count). The minimum atomic E-state index is -0.800. The third-order valence-electron chi connectivity index (χ3n) is 2.22. The fraction of sp³-hybridized carbons (Fsp3) is 0.750. The van der Waals surface area contributed by atoms with Crippen LogP contribution in [0, 0.1) is 5.92 Å². The molecule has 0 aromatic rings. The smallest absolute Gasteiger partial charge is 0.308 e. The lowest BCUT2D eigenvalue weighted by Gasteiger charge is -2.15. The second-order valence-electron chi connectivity index (χ2n) is 3.18. The lowest BCUT2D eigenvalue weighted by atomic mass is 10.0. The lowest BCUT2D eigenvalue weighted by molar-refractivity contribution is -0.142. The van der Waals surface area contributed by atoms with Gasteiger partial charge >= 0.3 is 5.97 Å². The van der Waals surface area contributed by atoms with Crippen molar-refractivity contribution in [3.63, 3.8) is 0 Å². The molecule has 2 N–H and O–H groups in total. The minimum Gasteiger partial charge on any atom is -0.481 e. The summed E-state index contributed by atoms with van der Waals surface area (Å²) < 4.78 is 0. The van der Waals surface area contributed by atoms with Gasteiger partial charge in [0.15, 0.2) is 0 Å². The Labute approximate surface area is 71.0 Å². The van der Waals surface area contributed by atoms with Gasteiger partial charge in [-0.3, -0.25) is 9.59 Å².